The van der Waals surface area contributed by atoms with E-state index in [-0.39, 0.29) is 5.84 Å². The van der Waals surface area contributed by atoms with E-state index in [0.29, 0.717) is 25.6 Å². The molecule has 0 radical (unpaired) electrons. The highest BCUT2D eigenvalue weighted by Gasteiger charge is 2.27. The summed E-state index contributed by atoms with van der Waals surface area (Å²) in [7, 11) is -3.11. The van der Waals surface area contributed by atoms with Gasteiger partial charge in [0.1, 0.15) is 0 Å². The first-order valence-corrected chi connectivity index (χ1v) is 8.85. The van der Waals surface area contributed by atoms with Crippen LogP contribution in [0, 0.1) is 5.92 Å². The monoisotopic (exact) mass is 306 g/mol. The van der Waals surface area contributed by atoms with Gasteiger partial charge in [-0.3, -0.25) is 4.90 Å². The molecule has 0 bridgehead atoms. The molecule has 0 saturated carbocycles. The normalized spacial score (nSPS) is 22.4. The molecule has 7 nitrogen and oxygen atoms in total. The van der Waals surface area contributed by atoms with Crippen molar-refractivity contribution in [1.82, 2.24) is 9.21 Å². The van der Waals surface area contributed by atoms with Crippen molar-refractivity contribution in [3.63, 3.8) is 0 Å². The maximum atomic E-state index is 11.6. The molecule has 8 heteroatoms. The number of sulfonamides is 1. The molecule has 1 rings (SSSR count). The summed E-state index contributed by atoms with van der Waals surface area (Å²) in [6, 6.07) is 0. The molecular formula is C12H26N4O3S. The van der Waals surface area contributed by atoms with Gasteiger partial charge in [-0.1, -0.05) is 12.1 Å². The summed E-state index contributed by atoms with van der Waals surface area (Å²) in [5, 5.41) is 11.7. The smallest absolute Gasteiger partial charge is 0.211 e. The summed E-state index contributed by atoms with van der Waals surface area (Å²) in [6.07, 6.45) is 4.14. The molecule has 1 unspecified atom stereocenters. The van der Waals surface area contributed by atoms with E-state index in [9.17, 15) is 8.42 Å². The third-order valence-electron chi connectivity index (χ3n) is 3.52. The van der Waals surface area contributed by atoms with Crippen molar-refractivity contribution < 1.29 is 13.6 Å². The second kappa shape index (κ2) is 7.80. The van der Waals surface area contributed by atoms with Crippen molar-refractivity contribution in [2.75, 3.05) is 39.0 Å². The van der Waals surface area contributed by atoms with E-state index in [0.717, 1.165) is 32.4 Å². The molecule has 1 fully saturated rings. The first kappa shape index (κ1) is 17.2. The topological polar surface area (TPSA) is 99.2 Å². The highest BCUT2D eigenvalue weighted by Crippen LogP contribution is 2.19. The van der Waals surface area contributed by atoms with E-state index in [2.05, 4.69) is 17.0 Å². The first-order valence-electron chi connectivity index (χ1n) is 7.00. The van der Waals surface area contributed by atoms with Crippen molar-refractivity contribution in [3.05, 3.63) is 0 Å². The zero-order valence-corrected chi connectivity index (χ0v) is 13.1. The van der Waals surface area contributed by atoms with Crippen molar-refractivity contribution in [2.45, 2.75) is 26.2 Å². The van der Waals surface area contributed by atoms with Crippen LogP contribution in [-0.4, -0.2) is 67.6 Å². The van der Waals surface area contributed by atoms with Gasteiger partial charge in [0.15, 0.2) is 5.84 Å². The summed E-state index contributed by atoms with van der Waals surface area (Å²) < 4.78 is 24.8. The molecule has 118 valence electrons. The molecule has 1 atom stereocenters. The summed E-state index contributed by atoms with van der Waals surface area (Å²) in [5.74, 6) is 0.491. The van der Waals surface area contributed by atoms with E-state index in [1.54, 1.807) is 4.31 Å². The van der Waals surface area contributed by atoms with Gasteiger partial charge in [-0.25, -0.2) is 12.7 Å². The molecule has 1 saturated heterocycles. The highest BCUT2D eigenvalue weighted by atomic mass is 32.2. The molecule has 1 aliphatic rings. The van der Waals surface area contributed by atoms with E-state index >= 15 is 0 Å². The second-order valence-corrected chi connectivity index (χ2v) is 7.44. The number of hydrogen-bond donors (Lipinski definition) is 2. The summed E-state index contributed by atoms with van der Waals surface area (Å²) in [4.78, 5) is 2.12. The zero-order chi connectivity index (χ0) is 15.2. The van der Waals surface area contributed by atoms with Crippen LogP contribution in [0.2, 0.25) is 0 Å². The van der Waals surface area contributed by atoms with Crippen LogP contribution in [-0.2, 0) is 10.0 Å². The Hall–Kier alpha value is -0.860. The quantitative estimate of drug-likeness (QED) is 0.301. The number of hydrogen-bond acceptors (Lipinski definition) is 5. The fourth-order valence-electron chi connectivity index (χ4n) is 2.65. The van der Waals surface area contributed by atoms with Crippen molar-refractivity contribution in [2.24, 2.45) is 16.8 Å². The number of piperidine rings is 1. The second-order valence-electron chi connectivity index (χ2n) is 5.46. The van der Waals surface area contributed by atoms with E-state index in [4.69, 9.17) is 10.9 Å². The molecule has 1 aliphatic heterocycles. The van der Waals surface area contributed by atoms with Gasteiger partial charge in [-0.05, 0) is 31.7 Å². The van der Waals surface area contributed by atoms with Gasteiger partial charge in [0.2, 0.25) is 10.0 Å². The minimum Gasteiger partial charge on any atom is -0.409 e. The number of nitrogens with two attached hydrogens (primary N) is 1. The Morgan fingerprint density at radius 1 is 1.55 bits per heavy atom. The van der Waals surface area contributed by atoms with Gasteiger partial charge in [-0.2, -0.15) is 0 Å². The number of amidine groups is 1. The third-order valence-corrected chi connectivity index (χ3v) is 4.79. The van der Waals surface area contributed by atoms with E-state index in [1.165, 1.54) is 6.26 Å². The lowest BCUT2D eigenvalue weighted by atomic mass is 9.99. The Bertz CT molecular complexity index is 424. The number of rotatable bonds is 7. The number of oxime groups is 1. The Morgan fingerprint density at radius 3 is 2.80 bits per heavy atom. The van der Waals surface area contributed by atoms with Crippen LogP contribution in [0.5, 0.6) is 0 Å². The minimum atomic E-state index is -3.11. The van der Waals surface area contributed by atoms with Gasteiger partial charge >= 0.3 is 0 Å². The molecule has 20 heavy (non-hydrogen) atoms. The molecule has 0 aliphatic carbocycles. The largest absolute Gasteiger partial charge is 0.409 e. The Morgan fingerprint density at radius 2 is 2.25 bits per heavy atom. The van der Waals surface area contributed by atoms with Crippen LogP contribution in [0.15, 0.2) is 5.16 Å². The van der Waals surface area contributed by atoms with Crippen molar-refractivity contribution in [1.29, 1.82) is 0 Å². The fraction of sp³-hybridized carbons (Fsp3) is 0.917. The summed E-state index contributed by atoms with van der Waals surface area (Å²) in [5.41, 5.74) is 5.56. The standard InChI is InChI=1S/C12H26N4O3S/c1-3-6-15(10-12(13)14-17)8-11-5-4-7-16(9-11)20(2,18)19/h11,17H,3-10H2,1-2H3,(H2,13,14). The van der Waals surface area contributed by atoms with Crippen molar-refractivity contribution >= 4 is 15.9 Å². The van der Waals surface area contributed by atoms with Gasteiger partial charge < -0.3 is 10.9 Å². The van der Waals surface area contributed by atoms with Gasteiger partial charge in [0, 0.05) is 19.6 Å². The number of nitrogens with zero attached hydrogens (tertiary/aromatic N) is 3. The van der Waals surface area contributed by atoms with Crippen LogP contribution in [0.25, 0.3) is 0 Å². The molecule has 0 amide bonds. The average molecular weight is 306 g/mol. The summed E-state index contributed by atoms with van der Waals surface area (Å²) >= 11 is 0. The summed E-state index contributed by atoms with van der Waals surface area (Å²) in [6.45, 7) is 5.29. The molecule has 0 aromatic carbocycles. The van der Waals surface area contributed by atoms with Crippen LogP contribution < -0.4 is 5.73 Å². The van der Waals surface area contributed by atoms with Crippen LogP contribution in [0.3, 0.4) is 0 Å². The zero-order valence-electron chi connectivity index (χ0n) is 12.3. The highest BCUT2D eigenvalue weighted by molar-refractivity contribution is 7.88. The van der Waals surface area contributed by atoms with E-state index < -0.39 is 10.0 Å². The molecule has 0 aromatic heterocycles. The van der Waals surface area contributed by atoms with Gasteiger partial charge in [-0.15, -0.1) is 0 Å². The van der Waals surface area contributed by atoms with Gasteiger partial charge in [0.25, 0.3) is 0 Å². The van der Waals surface area contributed by atoms with Crippen molar-refractivity contribution in [3.8, 4) is 0 Å². The predicted octanol–water partition coefficient (Wildman–Crippen LogP) is 0.116. The minimum absolute atomic E-state index is 0.189. The average Bonchev–Trinajstić information content (AvgIpc) is 2.38. The fourth-order valence-corrected chi connectivity index (χ4v) is 3.60. The first-order chi connectivity index (χ1) is 9.36. The third kappa shape index (κ3) is 5.64. The SMILES string of the molecule is CCCN(CC(N)=NO)CC1CCCN(S(C)(=O)=O)C1. The maximum Gasteiger partial charge on any atom is 0.211 e. The lowest BCUT2D eigenvalue weighted by Crippen LogP contribution is -2.45. The van der Waals surface area contributed by atoms with Crippen LogP contribution in [0.4, 0.5) is 0 Å². The molecular weight excluding hydrogens is 280 g/mol. The Kier molecular flexibility index (Phi) is 6.70. The maximum absolute atomic E-state index is 11.6. The lowest BCUT2D eigenvalue weighted by molar-refractivity contribution is 0.191. The lowest BCUT2D eigenvalue weighted by Gasteiger charge is -2.34. The Balaban J connectivity index is 2.59. The molecule has 1 heterocycles. The van der Waals surface area contributed by atoms with Crippen LogP contribution in [0.1, 0.15) is 26.2 Å². The van der Waals surface area contributed by atoms with E-state index in [1.807, 2.05) is 0 Å². The Labute approximate surface area is 121 Å². The molecule has 3 N–H and O–H groups in total. The molecule has 0 spiro atoms. The molecule has 0 aromatic rings. The van der Waals surface area contributed by atoms with Crippen LogP contribution >= 0.6 is 0 Å². The predicted molar refractivity (Wildman–Crippen MR) is 79.3 cm³/mol. The van der Waals surface area contributed by atoms with Gasteiger partial charge in [0.05, 0.1) is 12.8 Å².